The van der Waals surface area contributed by atoms with Gasteiger partial charge in [-0.15, -0.1) is 0 Å². The Morgan fingerprint density at radius 3 is 2.63 bits per heavy atom. The fourth-order valence-electron chi connectivity index (χ4n) is 1.89. The van der Waals surface area contributed by atoms with Crippen molar-refractivity contribution >= 4 is 28.3 Å². The highest BCUT2D eigenvalue weighted by atomic mass is 35.5. The lowest BCUT2D eigenvalue weighted by atomic mass is 10.1. The van der Waals surface area contributed by atoms with Gasteiger partial charge in [-0.2, -0.15) is 0 Å². The molecule has 2 heterocycles. The van der Waals surface area contributed by atoms with Gasteiger partial charge in [0.1, 0.15) is 11.8 Å². The van der Waals surface area contributed by atoms with Crippen molar-refractivity contribution < 1.29 is 4.92 Å². The third kappa shape index (κ3) is 2.15. The summed E-state index contributed by atoms with van der Waals surface area (Å²) in [6.07, 6.45) is 1.24. The summed E-state index contributed by atoms with van der Waals surface area (Å²) in [5.41, 5.74) is 2.40. The smallest absolute Gasteiger partial charge is 0.288 e. The number of nitro groups is 1. The number of halogens is 1. The van der Waals surface area contributed by atoms with Crippen LogP contribution in [0.2, 0.25) is 5.02 Å². The van der Waals surface area contributed by atoms with Crippen molar-refractivity contribution in [2.24, 2.45) is 0 Å². The fourth-order valence-corrected chi connectivity index (χ4v) is 2.01. The lowest BCUT2D eigenvalue weighted by Crippen LogP contribution is -1.88. The van der Waals surface area contributed by atoms with Crippen LogP contribution in [0.4, 0.5) is 5.69 Å². The Morgan fingerprint density at radius 1 is 1.21 bits per heavy atom. The van der Waals surface area contributed by atoms with Crippen LogP contribution in [-0.2, 0) is 0 Å². The molecule has 0 bridgehead atoms. The molecule has 0 amide bonds. The van der Waals surface area contributed by atoms with E-state index in [-0.39, 0.29) is 5.69 Å². The van der Waals surface area contributed by atoms with E-state index in [1.165, 1.54) is 12.3 Å². The first-order valence-corrected chi connectivity index (χ1v) is 5.90. The van der Waals surface area contributed by atoms with E-state index < -0.39 is 4.92 Å². The molecule has 0 atom stereocenters. The standard InChI is InChI=1S/C13H8ClN3O2/c14-10-3-1-8(2-4-10)12-6-9-5-11(17(18)19)7-15-13(9)16-12/h1-7H,(H,15,16). The number of nitrogens with zero attached hydrogens (tertiary/aromatic N) is 2. The summed E-state index contributed by atoms with van der Waals surface area (Å²) in [5, 5.41) is 12.1. The number of H-pyrrole nitrogens is 1. The number of nitrogens with one attached hydrogen (secondary N) is 1. The molecule has 0 spiro atoms. The van der Waals surface area contributed by atoms with Crippen molar-refractivity contribution in [3.05, 3.63) is 57.7 Å². The van der Waals surface area contributed by atoms with Gasteiger partial charge in [-0.25, -0.2) is 4.98 Å². The predicted molar refractivity (Wildman–Crippen MR) is 73.2 cm³/mol. The Kier molecular flexibility index (Phi) is 2.68. The topological polar surface area (TPSA) is 71.8 Å². The molecule has 1 N–H and O–H groups in total. The summed E-state index contributed by atoms with van der Waals surface area (Å²) in [6.45, 7) is 0. The molecule has 3 aromatic rings. The third-order valence-corrected chi connectivity index (χ3v) is 3.07. The first-order valence-electron chi connectivity index (χ1n) is 5.52. The van der Waals surface area contributed by atoms with E-state index >= 15 is 0 Å². The molecule has 0 saturated carbocycles. The van der Waals surface area contributed by atoms with Crippen molar-refractivity contribution in [3.63, 3.8) is 0 Å². The van der Waals surface area contributed by atoms with Gasteiger partial charge in [0, 0.05) is 22.2 Å². The van der Waals surface area contributed by atoms with Gasteiger partial charge in [0.05, 0.1) is 4.92 Å². The number of aromatic amines is 1. The molecule has 0 saturated heterocycles. The number of hydrogen-bond donors (Lipinski definition) is 1. The number of hydrogen-bond acceptors (Lipinski definition) is 3. The van der Waals surface area contributed by atoms with E-state index in [0.717, 1.165) is 11.3 Å². The van der Waals surface area contributed by atoms with Gasteiger partial charge < -0.3 is 4.98 Å². The molecular formula is C13H8ClN3O2. The second-order valence-corrected chi connectivity index (χ2v) is 4.51. The zero-order valence-electron chi connectivity index (χ0n) is 9.63. The van der Waals surface area contributed by atoms with Gasteiger partial charge in [0.25, 0.3) is 5.69 Å². The number of pyridine rings is 1. The molecule has 0 radical (unpaired) electrons. The van der Waals surface area contributed by atoms with Crippen molar-refractivity contribution in [2.75, 3.05) is 0 Å². The Morgan fingerprint density at radius 2 is 1.95 bits per heavy atom. The van der Waals surface area contributed by atoms with Crippen LogP contribution in [0.15, 0.2) is 42.6 Å². The van der Waals surface area contributed by atoms with Crippen molar-refractivity contribution in [2.45, 2.75) is 0 Å². The molecule has 94 valence electrons. The zero-order valence-corrected chi connectivity index (χ0v) is 10.4. The van der Waals surface area contributed by atoms with Crippen LogP contribution >= 0.6 is 11.6 Å². The van der Waals surface area contributed by atoms with Crippen molar-refractivity contribution in [1.29, 1.82) is 0 Å². The van der Waals surface area contributed by atoms with Gasteiger partial charge in [-0.3, -0.25) is 10.1 Å². The first kappa shape index (κ1) is 11.7. The molecule has 0 unspecified atom stereocenters. The summed E-state index contributed by atoms with van der Waals surface area (Å²) in [6, 6.07) is 10.7. The molecular weight excluding hydrogens is 266 g/mol. The Labute approximate surface area is 113 Å². The van der Waals surface area contributed by atoms with Crippen molar-refractivity contribution in [1.82, 2.24) is 9.97 Å². The SMILES string of the molecule is O=[N+]([O-])c1cnc2[nH]c(-c3ccc(Cl)cc3)cc2c1. The van der Waals surface area contributed by atoms with Crippen molar-refractivity contribution in [3.8, 4) is 11.3 Å². The van der Waals surface area contributed by atoms with Crippen LogP contribution in [0, 0.1) is 10.1 Å². The van der Waals surface area contributed by atoms with E-state index in [4.69, 9.17) is 11.6 Å². The summed E-state index contributed by atoms with van der Waals surface area (Å²) in [5.74, 6) is 0. The molecule has 0 fully saturated rings. The molecule has 6 heteroatoms. The quantitative estimate of drug-likeness (QED) is 0.570. The average Bonchev–Trinajstić information content (AvgIpc) is 2.82. The Bertz CT molecular complexity index is 765. The highest BCUT2D eigenvalue weighted by molar-refractivity contribution is 6.30. The van der Waals surface area contributed by atoms with Gasteiger partial charge in [0.15, 0.2) is 0 Å². The number of fused-ring (bicyclic) bond motifs is 1. The summed E-state index contributed by atoms with van der Waals surface area (Å²) >= 11 is 5.84. The van der Waals surface area contributed by atoms with Gasteiger partial charge >= 0.3 is 0 Å². The minimum absolute atomic E-state index is 0.0193. The molecule has 1 aromatic carbocycles. The molecule has 0 aliphatic rings. The van der Waals surface area contributed by atoms with Crippen LogP contribution < -0.4 is 0 Å². The predicted octanol–water partition coefficient (Wildman–Crippen LogP) is 3.79. The molecule has 2 aromatic heterocycles. The second kappa shape index (κ2) is 4.37. The van der Waals surface area contributed by atoms with E-state index in [2.05, 4.69) is 9.97 Å². The van der Waals surface area contributed by atoms with Crippen LogP contribution in [-0.4, -0.2) is 14.9 Å². The minimum atomic E-state index is -0.457. The number of benzene rings is 1. The van der Waals surface area contributed by atoms with E-state index in [0.29, 0.717) is 16.1 Å². The largest absolute Gasteiger partial charge is 0.339 e. The van der Waals surface area contributed by atoms with E-state index in [9.17, 15) is 10.1 Å². The van der Waals surface area contributed by atoms with Crippen LogP contribution in [0.3, 0.4) is 0 Å². The zero-order chi connectivity index (χ0) is 13.4. The molecule has 19 heavy (non-hydrogen) atoms. The molecule has 0 aliphatic carbocycles. The van der Waals surface area contributed by atoms with E-state index in [1.807, 2.05) is 18.2 Å². The number of aromatic nitrogens is 2. The monoisotopic (exact) mass is 273 g/mol. The van der Waals surface area contributed by atoms with Crippen LogP contribution in [0.25, 0.3) is 22.3 Å². The van der Waals surface area contributed by atoms with Crippen LogP contribution in [0.1, 0.15) is 0 Å². The summed E-state index contributed by atoms with van der Waals surface area (Å²) < 4.78 is 0. The molecule has 3 rings (SSSR count). The maximum absolute atomic E-state index is 10.7. The summed E-state index contributed by atoms with van der Waals surface area (Å²) in [7, 11) is 0. The third-order valence-electron chi connectivity index (χ3n) is 2.82. The van der Waals surface area contributed by atoms with Gasteiger partial charge in [-0.1, -0.05) is 23.7 Å². The van der Waals surface area contributed by atoms with Gasteiger partial charge in [0.2, 0.25) is 0 Å². The first-order chi connectivity index (χ1) is 9.13. The maximum atomic E-state index is 10.7. The van der Waals surface area contributed by atoms with Gasteiger partial charge in [-0.05, 0) is 23.8 Å². The Hall–Kier alpha value is -2.40. The lowest BCUT2D eigenvalue weighted by molar-refractivity contribution is -0.385. The van der Waals surface area contributed by atoms with E-state index in [1.54, 1.807) is 12.1 Å². The average molecular weight is 274 g/mol. The highest BCUT2D eigenvalue weighted by Crippen LogP contribution is 2.26. The maximum Gasteiger partial charge on any atom is 0.288 e. The lowest BCUT2D eigenvalue weighted by Gasteiger charge is -1.96. The van der Waals surface area contributed by atoms with Crippen LogP contribution in [0.5, 0.6) is 0 Å². The molecule has 0 aliphatic heterocycles. The normalized spacial score (nSPS) is 10.8. The molecule has 5 nitrogen and oxygen atoms in total. The Balaban J connectivity index is 2.11. The number of rotatable bonds is 2. The second-order valence-electron chi connectivity index (χ2n) is 4.08. The minimum Gasteiger partial charge on any atom is -0.339 e. The fraction of sp³-hybridized carbons (Fsp3) is 0. The highest BCUT2D eigenvalue weighted by Gasteiger charge is 2.10. The summed E-state index contributed by atoms with van der Waals surface area (Å²) in [4.78, 5) is 17.4.